The Bertz CT molecular complexity index is 729. The van der Waals surface area contributed by atoms with Crippen molar-refractivity contribution in [3.63, 3.8) is 0 Å². The van der Waals surface area contributed by atoms with Crippen molar-refractivity contribution in [1.82, 2.24) is 9.55 Å². The summed E-state index contributed by atoms with van der Waals surface area (Å²) in [6, 6.07) is 8.75. The summed E-state index contributed by atoms with van der Waals surface area (Å²) in [5, 5.41) is 0. The molecule has 3 nitrogen and oxygen atoms in total. The van der Waals surface area contributed by atoms with Crippen LogP contribution in [0.2, 0.25) is 0 Å². The van der Waals surface area contributed by atoms with E-state index in [0.717, 1.165) is 17.5 Å². The van der Waals surface area contributed by atoms with Crippen molar-refractivity contribution in [2.45, 2.75) is 19.9 Å². The molecule has 98 valence electrons. The van der Waals surface area contributed by atoms with Crippen LogP contribution in [0.25, 0.3) is 11.0 Å². The molecule has 0 aliphatic heterocycles. The van der Waals surface area contributed by atoms with Crippen molar-refractivity contribution in [3.05, 3.63) is 45.9 Å². The van der Waals surface area contributed by atoms with E-state index >= 15 is 0 Å². The zero-order valence-electron chi connectivity index (χ0n) is 10.6. The van der Waals surface area contributed by atoms with Gasteiger partial charge in [-0.15, -0.1) is 11.3 Å². The predicted molar refractivity (Wildman–Crippen MR) is 76.9 cm³/mol. The van der Waals surface area contributed by atoms with E-state index in [-0.39, 0.29) is 5.82 Å². The second-order valence-corrected chi connectivity index (χ2v) is 5.66. The molecule has 0 aliphatic carbocycles. The van der Waals surface area contributed by atoms with Crippen molar-refractivity contribution in [2.24, 2.45) is 0 Å². The summed E-state index contributed by atoms with van der Waals surface area (Å²) in [4.78, 5) is 6.79. The van der Waals surface area contributed by atoms with Crippen molar-refractivity contribution in [2.75, 3.05) is 5.73 Å². The van der Waals surface area contributed by atoms with Crippen molar-refractivity contribution in [3.8, 4) is 0 Å². The number of nitrogens with zero attached hydrogens (tertiary/aromatic N) is 2. The fraction of sp³-hybridized carbons (Fsp3) is 0.214. The predicted octanol–water partition coefficient (Wildman–Crippen LogP) is 3.43. The first-order valence-corrected chi connectivity index (χ1v) is 6.98. The number of rotatable bonds is 3. The third-order valence-corrected chi connectivity index (χ3v) is 4.33. The molecule has 0 spiro atoms. The van der Waals surface area contributed by atoms with Crippen LogP contribution in [-0.4, -0.2) is 9.55 Å². The lowest BCUT2D eigenvalue weighted by atomic mass is 10.3. The largest absolute Gasteiger partial charge is 0.369 e. The molecule has 2 aromatic heterocycles. The van der Waals surface area contributed by atoms with Crippen LogP contribution in [0, 0.1) is 5.82 Å². The number of hydrogen-bond donors (Lipinski definition) is 1. The number of fused-ring (bicyclic) bond motifs is 1. The Labute approximate surface area is 114 Å². The number of halogens is 1. The summed E-state index contributed by atoms with van der Waals surface area (Å²) in [6.07, 6.45) is 1.03. The van der Waals surface area contributed by atoms with Crippen molar-refractivity contribution >= 4 is 28.3 Å². The SMILES string of the molecule is CCc1ccc(Cn2c(N)nc3ccc(F)cc32)s1. The molecular formula is C14H14FN3S. The maximum absolute atomic E-state index is 13.3. The van der Waals surface area contributed by atoms with Gasteiger partial charge in [-0.2, -0.15) is 0 Å². The lowest BCUT2D eigenvalue weighted by Crippen LogP contribution is -2.03. The Kier molecular flexibility index (Phi) is 2.98. The number of imidazole rings is 1. The average Bonchev–Trinajstić information content (AvgIpc) is 2.96. The lowest BCUT2D eigenvalue weighted by Gasteiger charge is -2.04. The van der Waals surface area contributed by atoms with Crippen LogP contribution < -0.4 is 5.73 Å². The van der Waals surface area contributed by atoms with Gasteiger partial charge >= 0.3 is 0 Å². The van der Waals surface area contributed by atoms with E-state index in [4.69, 9.17) is 5.73 Å². The molecule has 5 heteroatoms. The highest BCUT2D eigenvalue weighted by Crippen LogP contribution is 2.23. The molecule has 0 saturated heterocycles. The Hall–Kier alpha value is -1.88. The van der Waals surface area contributed by atoms with Crippen LogP contribution in [0.15, 0.2) is 30.3 Å². The van der Waals surface area contributed by atoms with Gasteiger partial charge in [0.1, 0.15) is 5.82 Å². The fourth-order valence-electron chi connectivity index (χ4n) is 2.13. The number of anilines is 1. The normalized spacial score (nSPS) is 11.3. The van der Waals surface area contributed by atoms with Crippen LogP contribution in [0.3, 0.4) is 0 Å². The maximum Gasteiger partial charge on any atom is 0.201 e. The van der Waals surface area contributed by atoms with Gasteiger partial charge < -0.3 is 10.3 Å². The van der Waals surface area contributed by atoms with Crippen molar-refractivity contribution in [1.29, 1.82) is 0 Å². The van der Waals surface area contributed by atoms with Gasteiger partial charge in [-0.1, -0.05) is 6.92 Å². The minimum absolute atomic E-state index is 0.269. The summed E-state index contributed by atoms with van der Waals surface area (Å²) >= 11 is 1.75. The molecule has 0 radical (unpaired) electrons. The monoisotopic (exact) mass is 275 g/mol. The van der Waals surface area contributed by atoms with Gasteiger partial charge in [0, 0.05) is 9.75 Å². The molecular weight excluding hydrogens is 261 g/mol. The number of hydrogen-bond acceptors (Lipinski definition) is 3. The highest BCUT2D eigenvalue weighted by molar-refractivity contribution is 7.11. The highest BCUT2D eigenvalue weighted by atomic mass is 32.1. The summed E-state index contributed by atoms with van der Waals surface area (Å²) in [5.41, 5.74) is 7.39. The van der Waals surface area contributed by atoms with Crippen LogP contribution in [0.1, 0.15) is 16.7 Å². The molecule has 0 unspecified atom stereocenters. The van der Waals surface area contributed by atoms with E-state index in [1.165, 1.54) is 21.9 Å². The van der Waals surface area contributed by atoms with E-state index in [0.29, 0.717) is 12.5 Å². The van der Waals surface area contributed by atoms with Gasteiger partial charge in [-0.25, -0.2) is 9.37 Å². The summed E-state index contributed by atoms with van der Waals surface area (Å²) < 4.78 is 15.2. The minimum Gasteiger partial charge on any atom is -0.369 e. The molecule has 0 aliphatic rings. The smallest absolute Gasteiger partial charge is 0.201 e. The van der Waals surface area contributed by atoms with E-state index in [1.54, 1.807) is 17.4 Å². The molecule has 0 saturated carbocycles. The van der Waals surface area contributed by atoms with Gasteiger partial charge in [0.05, 0.1) is 17.6 Å². The molecule has 0 amide bonds. The van der Waals surface area contributed by atoms with Crippen LogP contribution in [-0.2, 0) is 13.0 Å². The Morgan fingerprint density at radius 2 is 2.05 bits per heavy atom. The lowest BCUT2D eigenvalue weighted by molar-refractivity contribution is 0.628. The van der Waals surface area contributed by atoms with Gasteiger partial charge in [0.25, 0.3) is 0 Å². The molecule has 3 aromatic rings. The Morgan fingerprint density at radius 1 is 1.26 bits per heavy atom. The number of nitrogen functional groups attached to an aromatic ring is 1. The standard InChI is InChI=1S/C14H14FN3S/c1-2-10-4-5-11(19-10)8-18-13-7-9(15)3-6-12(13)17-14(18)16/h3-7H,2,8H2,1H3,(H2,16,17). The fourth-order valence-corrected chi connectivity index (χ4v) is 3.08. The molecule has 0 atom stereocenters. The van der Waals surface area contributed by atoms with Crippen LogP contribution in [0.4, 0.5) is 10.3 Å². The number of nitrogens with two attached hydrogens (primary N) is 1. The second kappa shape index (κ2) is 4.66. The number of thiophene rings is 1. The van der Waals surface area contributed by atoms with E-state index in [2.05, 4.69) is 24.0 Å². The third-order valence-electron chi connectivity index (χ3n) is 3.12. The molecule has 1 aromatic carbocycles. The van der Waals surface area contributed by atoms with Crippen molar-refractivity contribution < 1.29 is 4.39 Å². The Balaban J connectivity index is 2.04. The van der Waals surface area contributed by atoms with E-state index in [1.807, 2.05) is 4.57 Å². The third kappa shape index (κ3) is 2.21. The number of aryl methyl sites for hydroxylation is 1. The topological polar surface area (TPSA) is 43.8 Å². The molecule has 3 rings (SSSR count). The molecule has 19 heavy (non-hydrogen) atoms. The second-order valence-electron chi connectivity index (χ2n) is 4.41. The zero-order chi connectivity index (χ0) is 13.4. The van der Waals surface area contributed by atoms with Gasteiger partial charge in [-0.3, -0.25) is 0 Å². The minimum atomic E-state index is -0.269. The van der Waals surface area contributed by atoms with E-state index < -0.39 is 0 Å². The van der Waals surface area contributed by atoms with Gasteiger partial charge in [0.2, 0.25) is 5.95 Å². The average molecular weight is 275 g/mol. The molecule has 0 fully saturated rings. The first-order chi connectivity index (χ1) is 9.17. The number of benzene rings is 1. The summed E-state index contributed by atoms with van der Waals surface area (Å²) in [6.45, 7) is 2.77. The zero-order valence-corrected chi connectivity index (χ0v) is 11.4. The van der Waals surface area contributed by atoms with Crippen LogP contribution in [0.5, 0.6) is 0 Å². The molecule has 0 bridgehead atoms. The van der Waals surface area contributed by atoms with Crippen LogP contribution >= 0.6 is 11.3 Å². The maximum atomic E-state index is 13.3. The summed E-state index contributed by atoms with van der Waals surface area (Å²) in [5.74, 6) is 0.154. The Morgan fingerprint density at radius 3 is 2.79 bits per heavy atom. The first kappa shape index (κ1) is 12.2. The highest BCUT2D eigenvalue weighted by Gasteiger charge is 2.10. The van der Waals surface area contributed by atoms with Gasteiger partial charge in [0.15, 0.2) is 0 Å². The number of aromatic nitrogens is 2. The molecule has 2 N–H and O–H groups in total. The molecule has 2 heterocycles. The quantitative estimate of drug-likeness (QED) is 0.796. The van der Waals surface area contributed by atoms with Gasteiger partial charge in [-0.05, 0) is 36.8 Å². The summed E-state index contributed by atoms with van der Waals surface area (Å²) in [7, 11) is 0. The van der Waals surface area contributed by atoms with E-state index in [9.17, 15) is 4.39 Å². The first-order valence-electron chi connectivity index (χ1n) is 6.16.